The zero-order valence-electron chi connectivity index (χ0n) is 12.9. The minimum absolute atomic E-state index is 0.268. The lowest BCUT2D eigenvalue weighted by atomic mass is 9.95. The van der Waals surface area contributed by atoms with Crippen molar-refractivity contribution in [1.82, 2.24) is 15.2 Å². The summed E-state index contributed by atoms with van der Waals surface area (Å²) in [6.45, 7) is 1.44. The molecule has 1 atom stereocenters. The van der Waals surface area contributed by atoms with Gasteiger partial charge >= 0.3 is 6.03 Å². The molecule has 22 heavy (non-hydrogen) atoms. The fraction of sp³-hybridized carbons (Fsp3) is 0.533. The van der Waals surface area contributed by atoms with Crippen molar-refractivity contribution >= 4 is 11.9 Å². The lowest BCUT2D eigenvalue weighted by Gasteiger charge is -2.24. The SMILES string of the molecule is CN(C)C(=O)C(NC(N)=O)c1cccc(C2CCOCC2)n1. The number of nitrogens with zero attached hydrogens (tertiary/aromatic N) is 2. The van der Waals surface area contributed by atoms with Crippen LogP contribution in [-0.4, -0.2) is 49.1 Å². The van der Waals surface area contributed by atoms with Gasteiger partial charge in [-0.15, -0.1) is 0 Å². The van der Waals surface area contributed by atoms with E-state index in [1.807, 2.05) is 12.1 Å². The molecule has 120 valence electrons. The number of urea groups is 1. The van der Waals surface area contributed by atoms with Gasteiger partial charge in [-0.1, -0.05) is 6.07 Å². The standard InChI is InChI=1S/C15H22N4O3/c1-19(2)14(20)13(18-15(16)21)12-5-3-4-11(17-12)10-6-8-22-9-7-10/h3-5,10,13H,6-9H2,1-2H3,(H3,16,18,21). The number of carbonyl (C=O) groups excluding carboxylic acids is 2. The van der Waals surface area contributed by atoms with Crippen molar-refractivity contribution < 1.29 is 14.3 Å². The number of amides is 3. The Labute approximate surface area is 129 Å². The van der Waals surface area contributed by atoms with Gasteiger partial charge in [0.1, 0.15) is 0 Å². The van der Waals surface area contributed by atoms with E-state index in [2.05, 4.69) is 10.3 Å². The van der Waals surface area contributed by atoms with Crippen LogP contribution in [0.3, 0.4) is 0 Å². The minimum Gasteiger partial charge on any atom is -0.381 e. The highest BCUT2D eigenvalue weighted by molar-refractivity contribution is 5.87. The van der Waals surface area contributed by atoms with E-state index in [-0.39, 0.29) is 5.91 Å². The smallest absolute Gasteiger partial charge is 0.313 e. The molecule has 0 aliphatic carbocycles. The van der Waals surface area contributed by atoms with Crippen molar-refractivity contribution in [2.45, 2.75) is 24.8 Å². The highest BCUT2D eigenvalue weighted by Crippen LogP contribution is 2.26. The quantitative estimate of drug-likeness (QED) is 0.858. The highest BCUT2D eigenvalue weighted by Gasteiger charge is 2.26. The first-order valence-corrected chi connectivity index (χ1v) is 7.30. The van der Waals surface area contributed by atoms with Crippen LogP contribution in [0.2, 0.25) is 0 Å². The summed E-state index contributed by atoms with van der Waals surface area (Å²) in [6, 6.07) is 3.91. The molecule has 3 N–H and O–H groups in total. The van der Waals surface area contributed by atoms with Crippen molar-refractivity contribution in [1.29, 1.82) is 0 Å². The van der Waals surface area contributed by atoms with Crippen LogP contribution in [0.1, 0.15) is 36.2 Å². The molecule has 0 radical (unpaired) electrons. The number of nitrogens with two attached hydrogens (primary N) is 1. The number of likely N-dealkylation sites (N-methyl/N-ethyl adjacent to an activating group) is 1. The zero-order chi connectivity index (χ0) is 16.1. The molecule has 7 nitrogen and oxygen atoms in total. The molecular weight excluding hydrogens is 284 g/mol. The maximum atomic E-state index is 12.3. The third-order valence-electron chi connectivity index (χ3n) is 3.70. The first kappa shape index (κ1) is 16.2. The lowest BCUT2D eigenvalue weighted by molar-refractivity contribution is -0.130. The molecule has 1 aromatic rings. The number of rotatable bonds is 4. The molecule has 0 spiro atoms. The van der Waals surface area contributed by atoms with Gasteiger partial charge in [0.05, 0.1) is 5.69 Å². The van der Waals surface area contributed by atoms with E-state index in [4.69, 9.17) is 10.5 Å². The van der Waals surface area contributed by atoms with E-state index >= 15 is 0 Å². The molecule has 1 aliphatic heterocycles. The van der Waals surface area contributed by atoms with Crippen molar-refractivity contribution in [3.05, 3.63) is 29.6 Å². The van der Waals surface area contributed by atoms with Gasteiger partial charge in [0.2, 0.25) is 0 Å². The second-order valence-electron chi connectivity index (χ2n) is 5.55. The number of pyridine rings is 1. The number of hydrogen-bond donors (Lipinski definition) is 2. The fourth-order valence-corrected chi connectivity index (χ4v) is 2.51. The van der Waals surface area contributed by atoms with Crippen LogP contribution in [0.4, 0.5) is 4.79 Å². The monoisotopic (exact) mass is 306 g/mol. The molecular formula is C15H22N4O3. The summed E-state index contributed by atoms with van der Waals surface area (Å²) in [7, 11) is 3.25. The van der Waals surface area contributed by atoms with Gasteiger partial charge in [0, 0.05) is 38.9 Å². The molecule has 1 aliphatic rings. The molecule has 1 aromatic heterocycles. The topological polar surface area (TPSA) is 97.6 Å². The van der Waals surface area contributed by atoms with E-state index in [1.165, 1.54) is 4.90 Å². The third kappa shape index (κ3) is 3.94. The first-order valence-electron chi connectivity index (χ1n) is 7.30. The van der Waals surface area contributed by atoms with Crippen molar-refractivity contribution in [3.63, 3.8) is 0 Å². The van der Waals surface area contributed by atoms with E-state index in [0.717, 1.165) is 31.7 Å². The van der Waals surface area contributed by atoms with Gasteiger partial charge in [-0.3, -0.25) is 9.78 Å². The van der Waals surface area contributed by atoms with Crippen LogP contribution in [-0.2, 0) is 9.53 Å². The van der Waals surface area contributed by atoms with Crippen molar-refractivity contribution in [2.75, 3.05) is 27.3 Å². The average Bonchev–Trinajstić information content (AvgIpc) is 2.52. The van der Waals surface area contributed by atoms with E-state index in [9.17, 15) is 9.59 Å². The predicted molar refractivity (Wildman–Crippen MR) is 81.2 cm³/mol. The van der Waals surface area contributed by atoms with E-state index in [1.54, 1.807) is 20.2 Å². The summed E-state index contributed by atoms with van der Waals surface area (Å²) in [5, 5.41) is 2.47. The Balaban J connectivity index is 2.26. The molecule has 2 rings (SSSR count). The van der Waals surface area contributed by atoms with Gasteiger partial charge < -0.3 is 20.7 Å². The van der Waals surface area contributed by atoms with Gasteiger partial charge in [0.15, 0.2) is 6.04 Å². The van der Waals surface area contributed by atoms with Gasteiger partial charge in [0.25, 0.3) is 5.91 Å². The lowest BCUT2D eigenvalue weighted by Crippen LogP contribution is -2.42. The Kier molecular flexibility index (Phi) is 5.32. The molecule has 1 fully saturated rings. The largest absolute Gasteiger partial charge is 0.381 e. The Morgan fingerprint density at radius 3 is 2.64 bits per heavy atom. The highest BCUT2D eigenvalue weighted by atomic mass is 16.5. The van der Waals surface area contributed by atoms with Gasteiger partial charge in [-0.2, -0.15) is 0 Å². The van der Waals surface area contributed by atoms with Gasteiger partial charge in [-0.05, 0) is 25.0 Å². The second kappa shape index (κ2) is 7.22. The molecule has 1 unspecified atom stereocenters. The number of ether oxygens (including phenoxy) is 1. The summed E-state index contributed by atoms with van der Waals surface area (Å²) in [4.78, 5) is 29.4. The molecule has 0 aromatic carbocycles. The fourth-order valence-electron chi connectivity index (χ4n) is 2.51. The van der Waals surface area contributed by atoms with Crippen LogP contribution in [0.25, 0.3) is 0 Å². The summed E-state index contributed by atoms with van der Waals surface area (Å²) >= 11 is 0. The van der Waals surface area contributed by atoms with Crippen LogP contribution in [0.5, 0.6) is 0 Å². The third-order valence-corrected chi connectivity index (χ3v) is 3.70. The second-order valence-corrected chi connectivity index (χ2v) is 5.55. The number of aromatic nitrogens is 1. The molecule has 7 heteroatoms. The van der Waals surface area contributed by atoms with Crippen LogP contribution in [0.15, 0.2) is 18.2 Å². The van der Waals surface area contributed by atoms with Gasteiger partial charge in [-0.25, -0.2) is 4.79 Å². The summed E-state index contributed by atoms with van der Waals surface area (Å²) in [5.74, 6) is 0.0489. The van der Waals surface area contributed by atoms with Crippen LogP contribution < -0.4 is 11.1 Å². The Morgan fingerprint density at radius 1 is 1.36 bits per heavy atom. The summed E-state index contributed by atoms with van der Waals surface area (Å²) < 4.78 is 5.36. The molecule has 1 saturated heterocycles. The maximum Gasteiger partial charge on any atom is 0.313 e. The van der Waals surface area contributed by atoms with Crippen molar-refractivity contribution in [3.8, 4) is 0 Å². The maximum absolute atomic E-state index is 12.3. The Morgan fingerprint density at radius 2 is 2.05 bits per heavy atom. The zero-order valence-corrected chi connectivity index (χ0v) is 12.9. The molecule has 2 heterocycles. The number of carbonyl (C=O) groups is 2. The van der Waals surface area contributed by atoms with E-state index < -0.39 is 12.1 Å². The Bertz CT molecular complexity index is 541. The van der Waals surface area contributed by atoms with Crippen molar-refractivity contribution in [2.24, 2.45) is 5.73 Å². The van der Waals surface area contributed by atoms with Crippen LogP contribution in [0, 0.1) is 0 Å². The van der Waals surface area contributed by atoms with Crippen LogP contribution >= 0.6 is 0 Å². The number of primary amides is 1. The summed E-state index contributed by atoms with van der Waals surface area (Å²) in [6.07, 6.45) is 1.82. The Hall–Kier alpha value is -2.15. The van der Waals surface area contributed by atoms with E-state index in [0.29, 0.717) is 11.6 Å². The molecule has 0 saturated carbocycles. The average molecular weight is 306 g/mol. The first-order chi connectivity index (χ1) is 10.5. The molecule has 3 amide bonds. The number of nitrogens with one attached hydrogen (secondary N) is 1. The summed E-state index contributed by atoms with van der Waals surface area (Å²) in [5.41, 5.74) is 6.61. The molecule has 0 bridgehead atoms. The predicted octanol–water partition coefficient (Wildman–Crippen LogP) is 0.773. The number of hydrogen-bond acceptors (Lipinski definition) is 4. The normalized spacial score (nSPS) is 16.8. The minimum atomic E-state index is -0.868.